The maximum atomic E-state index is 12.4. The van der Waals surface area contributed by atoms with Gasteiger partial charge in [-0.15, -0.1) is 0 Å². The van der Waals surface area contributed by atoms with Crippen molar-refractivity contribution in [3.63, 3.8) is 0 Å². The fraction of sp³-hybridized carbons (Fsp3) is 0.227. The van der Waals surface area contributed by atoms with Gasteiger partial charge in [0.15, 0.2) is 0 Å². The molecule has 1 heterocycles. The zero-order valence-electron chi connectivity index (χ0n) is 14.2. The Hall–Kier alpha value is -2.81. The number of benzene rings is 3. The highest BCUT2D eigenvalue weighted by Gasteiger charge is 2.19. The molecule has 4 rings (SSSR count). The molecule has 0 bridgehead atoms. The molecule has 0 radical (unpaired) electrons. The first-order valence-corrected chi connectivity index (χ1v) is 8.80. The summed E-state index contributed by atoms with van der Waals surface area (Å²) in [4.78, 5) is 14.3. The highest BCUT2D eigenvalue weighted by atomic mass is 16.5. The van der Waals surface area contributed by atoms with Gasteiger partial charge in [-0.1, -0.05) is 48.5 Å². The van der Waals surface area contributed by atoms with Crippen LogP contribution in [-0.4, -0.2) is 23.9 Å². The number of ether oxygens (including phenoxy) is 1. The van der Waals surface area contributed by atoms with Gasteiger partial charge in [0.25, 0.3) is 5.91 Å². The van der Waals surface area contributed by atoms with E-state index in [1.807, 2.05) is 53.4 Å². The summed E-state index contributed by atoms with van der Waals surface area (Å²) in [6.07, 6.45) is 2.23. The summed E-state index contributed by atoms with van der Waals surface area (Å²) in [5.41, 5.74) is 1.82. The smallest absolute Gasteiger partial charge is 0.253 e. The first kappa shape index (κ1) is 15.7. The van der Waals surface area contributed by atoms with Gasteiger partial charge in [-0.05, 0) is 42.0 Å². The number of amides is 1. The van der Waals surface area contributed by atoms with E-state index in [1.165, 1.54) is 5.39 Å². The van der Waals surface area contributed by atoms with Crippen molar-refractivity contribution in [2.24, 2.45) is 0 Å². The van der Waals surface area contributed by atoms with Gasteiger partial charge < -0.3 is 9.64 Å². The predicted octanol–water partition coefficient (Wildman–Crippen LogP) is 4.65. The molecule has 1 amide bonds. The zero-order valence-corrected chi connectivity index (χ0v) is 14.2. The third-order valence-corrected chi connectivity index (χ3v) is 4.74. The molecule has 0 aromatic heterocycles. The Morgan fingerprint density at radius 2 is 1.60 bits per heavy atom. The second kappa shape index (κ2) is 6.98. The molecule has 0 atom stereocenters. The number of nitrogens with zero attached hydrogens (tertiary/aromatic N) is 1. The maximum absolute atomic E-state index is 12.4. The Labute approximate surface area is 147 Å². The summed E-state index contributed by atoms with van der Waals surface area (Å²) < 4.78 is 6.01. The molecule has 3 nitrogen and oxygen atoms in total. The van der Waals surface area contributed by atoms with Crippen LogP contribution in [0, 0.1) is 0 Å². The molecule has 3 heteroatoms. The van der Waals surface area contributed by atoms with Gasteiger partial charge in [0.1, 0.15) is 12.4 Å². The molecule has 0 spiro atoms. The van der Waals surface area contributed by atoms with Crippen molar-refractivity contribution in [2.75, 3.05) is 13.1 Å². The van der Waals surface area contributed by atoms with Gasteiger partial charge in [0.2, 0.25) is 0 Å². The van der Waals surface area contributed by atoms with E-state index < -0.39 is 0 Å². The molecule has 0 saturated carbocycles. The molecule has 0 aliphatic carbocycles. The first-order valence-electron chi connectivity index (χ1n) is 8.80. The van der Waals surface area contributed by atoms with Crippen LogP contribution >= 0.6 is 0 Å². The molecule has 3 aromatic carbocycles. The number of carbonyl (C=O) groups is 1. The lowest BCUT2D eigenvalue weighted by Crippen LogP contribution is -2.27. The number of hydrogen-bond acceptors (Lipinski definition) is 2. The Morgan fingerprint density at radius 1 is 0.880 bits per heavy atom. The van der Waals surface area contributed by atoms with Crippen LogP contribution in [0.3, 0.4) is 0 Å². The standard InChI is InChI=1S/C22H21NO2/c24-22(23-14-3-4-15-23)19-12-10-17(11-13-19)16-25-21-9-5-7-18-6-1-2-8-20(18)21/h1-2,5-13H,3-4,14-16H2. The summed E-state index contributed by atoms with van der Waals surface area (Å²) in [6.45, 7) is 2.25. The highest BCUT2D eigenvalue weighted by Crippen LogP contribution is 2.26. The van der Waals surface area contributed by atoms with Crippen molar-refractivity contribution in [3.8, 4) is 5.75 Å². The maximum Gasteiger partial charge on any atom is 0.253 e. The normalized spacial score (nSPS) is 14.0. The van der Waals surface area contributed by atoms with E-state index in [1.54, 1.807) is 0 Å². The summed E-state index contributed by atoms with van der Waals surface area (Å²) >= 11 is 0. The molecule has 126 valence electrons. The van der Waals surface area contributed by atoms with Crippen LogP contribution in [-0.2, 0) is 6.61 Å². The molecule has 1 saturated heterocycles. The molecule has 0 unspecified atom stereocenters. The summed E-state index contributed by atoms with van der Waals surface area (Å²) in [6, 6.07) is 22.1. The van der Waals surface area contributed by atoms with Crippen molar-refractivity contribution in [3.05, 3.63) is 77.9 Å². The topological polar surface area (TPSA) is 29.5 Å². The zero-order chi connectivity index (χ0) is 17.1. The van der Waals surface area contributed by atoms with E-state index in [0.717, 1.165) is 48.2 Å². The number of likely N-dealkylation sites (tertiary alicyclic amines) is 1. The Balaban J connectivity index is 1.45. The average Bonchev–Trinajstić information content (AvgIpc) is 3.21. The minimum absolute atomic E-state index is 0.138. The van der Waals surface area contributed by atoms with Crippen molar-refractivity contribution in [1.82, 2.24) is 4.90 Å². The van der Waals surface area contributed by atoms with Crippen LogP contribution < -0.4 is 4.74 Å². The lowest BCUT2D eigenvalue weighted by atomic mass is 10.1. The van der Waals surface area contributed by atoms with Crippen LogP contribution in [0.25, 0.3) is 10.8 Å². The van der Waals surface area contributed by atoms with E-state index in [4.69, 9.17) is 4.74 Å². The fourth-order valence-corrected chi connectivity index (χ4v) is 3.33. The van der Waals surface area contributed by atoms with Crippen LogP contribution in [0.5, 0.6) is 5.75 Å². The number of fused-ring (bicyclic) bond motifs is 1. The molecule has 1 aliphatic rings. The quantitative estimate of drug-likeness (QED) is 0.696. The SMILES string of the molecule is O=C(c1ccc(COc2cccc3ccccc23)cc1)N1CCCC1. The van der Waals surface area contributed by atoms with Gasteiger partial charge in [-0.2, -0.15) is 0 Å². The van der Waals surface area contributed by atoms with E-state index >= 15 is 0 Å². The number of carbonyl (C=O) groups excluding carboxylic acids is 1. The lowest BCUT2D eigenvalue weighted by Gasteiger charge is -2.15. The number of rotatable bonds is 4. The summed E-state index contributed by atoms with van der Waals surface area (Å²) in [5, 5.41) is 2.29. The minimum Gasteiger partial charge on any atom is -0.488 e. The third kappa shape index (κ3) is 3.36. The summed E-state index contributed by atoms with van der Waals surface area (Å²) in [5.74, 6) is 1.02. The van der Waals surface area contributed by atoms with Gasteiger partial charge in [0, 0.05) is 24.0 Å². The van der Waals surface area contributed by atoms with Crippen LogP contribution in [0.1, 0.15) is 28.8 Å². The van der Waals surface area contributed by atoms with Gasteiger partial charge in [-0.25, -0.2) is 0 Å². The second-order valence-corrected chi connectivity index (χ2v) is 6.46. The van der Waals surface area contributed by atoms with Crippen LogP contribution in [0.15, 0.2) is 66.7 Å². The largest absolute Gasteiger partial charge is 0.488 e. The number of hydrogen-bond donors (Lipinski definition) is 0. The average molecular weight is 331 g/mol. The van der Waals surface area contributed by atoms with E-state index in [-0.39, 0.29) is 5.91 Å². The monoisotopic (exact) mass is 331 g/mol. The lowest BCUT2D eigenvalue weighted by molar-refractivity contribution is 0.0793. The van der Waals surface area contributed by atoms with Crippen molar-refractivity contribution in [2.45, 2.75) is 19.4 Å². The van der Waals surface area contributed by atoms with Crippen LogP contribution in [0.2, 0.25) is 0 Å². The Morgan fingerprint density at radius 3 is 2.40 bits per heavy atom. The second-order valence-electron chi connectivity index (χ2n) is 6.46. The molecule has 1 fully saturated rings. The van der Waals surface area contributed by atoms with Gasteiger partial charge in [0.05, 0.1) is 0 Å². The molecule has 25 heavy (non-hydrogen) atoms. The fourth-order valence-electron chi connectivity index (χ4n) is 3.33. The molecular weight excluding hydrogens is 310 g/mol. The van der Waals surface area contributed by atoms with Gasteiger partial charge >= 0.3 is 0 Å². The minimum atomic E-state index is 0.138. The van der Waals surface area contributed by atoms with Crippen LogP contribution in [0.4, 0.5) is 0 Å². The summed E-state index contributed by atoms with van der Waals surface area (Å²) in [7, 11) is 0. The van der Waals surface area contributed by atoms with E-state index in [9.17, 15) is 4.79 Å². The van der Waals surface area contributed by atoms with Crippen molar-refractivity contribution in [1.29, 1.82) is 0 Å². The van der Waals surface area contributed by atoms with Crippen molar-refractivity contribution >= 4 is 16.7 Å². The Bertz CT molecular complexity index is 875. The Kier molecular flexibility index (Phi) is 4.38. The molecular formula is C22H21NO2. The third-order valence-electron chi connectivity index (χ3n) is 4.74. The van der Waals surface area contributed by atoms with E-state index in [2.05, 4.69) is 18.2 Å². The molecule has 1 aliphatic heterocycles. The molecule has 0 N–H and O–H groups in total. The highest BCUT2D eigenvalue weighted by molar-refractivity contribution is 5.94. The predicted molar refractivity (Wildman–Crippen MR) is 99.9 cm³/mol. The van der Waals surface area contributed by atoms with Gasteiger partial charge in [-0.3, -0.25) is 4.79 Å². The van der Waals surface area contributed by atoms with Crippen molar-refractivity contribution < 1.29 is 9.53 Å². The van der Waals surface area contributed by atoms with E-state index in [0.29, 0.717) is 6.61 Å². The molecule has 3 aromatic rings. The first-order chi connectivity index (χ1) is 12.3.